The summed E-state index contributed by atoms with van der Waals surface area (Å²) < 4.78 is 0. The Balaban J connectivity index is 2.07. The van der Waals surface area contributed by atoms with E-state index in [1.54, 1.807) is 18.3 Å². The molecule has 110 valence electrons. The van der Waals surface area contributed by atoms with Crippen LogP contribution in [0.25, 0.3) is 0 Å². The second-order valence-corrected chi connectivity index (χ2v) is 5.05. The third kappa shape index (κ3) is 4.46. The molecule has 1 heterocycles. The van der Waals surface area contributed by atoms with Crippen molar-refractivity contribution in [3.05, 3.63) is 53.3 Å². The lowest BCUT2D eigenvalue weighted by Crippen LogP contribution is -2.25. The van der Waals surface area contributed by atoms with Gasteiger partial charge in [-0.15, -0.1) is 0 Å². The van der Waals surface area contributed by atoms with Crippen molar-refractivity contribution in [2.75, 3.05) is 11.9 Å². The highest BCUT2D eigenvalue weighted by molar-refractivity contribution is 6.33. The predicted molar refractivity (Wildman–Crippen MR) is 86.2 cm³/mol. The zero-order chi connectivity index (χ0) is 15.1. The number of pyridine rings is 1. The maximum atomic E-state index is 12.0. The standard InChI is InChI=1S/C16H18ClN3O/c1-2-3-9-19-16(21)15-11-12(8-10-18-15)20-14-7-5-4-6-13(14)17/h4-8,10-11H,2-3,9H2,1H3,(H,18,20)(H,19,21). The Bertz CT molecular complexity index is 616. The van der Waals surface area contributed by atoms with Crippen LogP contribution in [0.5, 0.6) is 0 Å². The Hall–Kier alpha value is -2.07. The van der Waals surface area contributed by atoms with E-state index in [1.165, 1.54) is 0 Å². The molecule has 5 heteroatoms. The highest BCUT2D eigenvalue weighted by Crippen LogP contribution is 2.24. The highest BCUT2D eigenvalue weighted by atomic mass is 35.5. The number of para-hydroxylation sites is 1. The fraction of sp³-hybridized carbons (Fsp3) is 0.250. The number of rotatable bonds is 6. The minimum Gasteiger partial charge on any atom is -0.354 e. The van der Waals surface area contributed by atoms with Crippen molar-refractivity contribution >= 4 is 28.9 Å². The zero-order valence-corrected chi connectivity index (χ0v) is 12.7. The van der Waals surface area contributed by atoms with Gasteiger partial charge in [0.05, 0.1) is 10.7 Å². The van der Waals surface area contributed by atoms with E-state index in [4.69, 9.17) is 11.6 Å². The van der Waals surface area contributed by atoms with Gasteiger partial charge in [-0.3, -0.25) is 9.78 Å². The number of aromatic nitrogens is 1. The second kappa shape index (κ2) is 7.64. The van der Waals surface area contributed by atoms with Gasteiger partial charge < -0.3 is 10.6 Å². The number of carbonyl (C=O) groups excluding carboxylic acids is 1. The van der Waals surface area contributed by atoms with Gasteiger partial charge in [0.1, 0.15) is 5.69 Å². The van der Waals surface area contributed by atoms with Crippen LogP contribution >= 0.6 is 11.6 Å². The fourth-order valence-electron chi connectivity index (χ4n) is 1.82. The lowest BCUT2D eigenvalue weighted by molar-refractivity contribution is 0.0948. The summed E-state index contributed by atoms with van der Waals surface area (Å²) in [7, 11) is 0. The third-order valence-electron chi connectivity index (χ3n) is 2.96. The molecule has 2 aromatic rings. The van der Waals surface area contributed by atoms with Crippen LogP contribution in [0, 0.1) is 0 Å². The monoisotopic (exact) mass is 303 g/mol. The van der Waals surface area contributed by atoms with Crippen LogP contribution in [0.2, 0.25) is 5.02 Å². The van der Waals surface area contributed by atoms with Crippen molar-refractivity contribution in [1.82, 2.24) is 10.3 Å². The quantitative estimate of drug-likeness (QED) is 0.793. The second-order valence-electron chi connectivity index (χ2n) is 4.64. The van der Waals surface area contributed by atoms with Gasteiger partial charge in [0.15, 0.2) is 0 Å². The van der Waals surface area contributed by atoms with Crippen molar-refractivity contribution in [2.45, 2.75) is 19.8 Å². The van der Waals surface area contributed by atoms with Gasteiger partial charge in [-0.1, -0.05) is 37.1 Å². The van der Waals surface area contributed by atoms with Gasteiger partial charge in [0.2, 0.25) is 0 Å². The van der Waals surface area contributed by atoms with Gasteiger partial charge in [0.25, 0.3) is 5.91 Å². The van der Waals surface area contributed by atoms with Crippen LogP contribution in [0.1, 0.15) is 30.3 Å². The maximum Gasteiger partial charge on any atom is 0.269 e. The Morgan fingerprint density at radius 3 is 2.86 bits per heavy atom. The lowest BCUT2D eigenvalue weighted by atomic mass is 10.2. The summed E-state index contributed by atoms with van der Waals surface area (Å²) in [4.78, 5) is 16.1. The van der Waals surface area contributed by atoms with E-state index in [9.17, 15) is 4.79 Å². The third-order valence-corrected chi connectivity index (χ3v) is 3.29. The molecule has 21 heavy (non-hydrogen) atoms. The van der Waals surface area contributed by atoms with Gasteiger partial charge in [-0.2, -0.15) is 0 Å². The molecule has 2 N–H and O–H groups in total. The molecule has 4 nitrogen and oxygen atoms in total. The Morgan fingerprint density at radius 1 is 1.29 bits per heavy atom. The smallest absolute Gasteiger partial charge is 0.269 e. The Morgan fingerprint density at radius 2 is 2.10 bits per heavy atom. The summed E-state index contributed by atoms with van der Waals surface area (Å²) >= 11 is 6.10. The molecule has 1 aromatic heterocycles. The molecule has 0 atom stereocenters. The molecule has 2 rings (SSSR count). The number of hydrogen-bond acceptors (Lipinski definition) is 3. The largest absolute Gasteiger partial charge is 0.354 e. The van der Waals surface area contributed by atoms with Gasteiger partial charge in [0, 0.05) is 18.4 Å². The lowest BCUT2D eigenvalue weighted by Gasteiger charge is -2.09. The van der Waals surface area contributed by atoms with Crippen molar-refractivity contribution in [3.8, 4) is 0 Å². The minimum atomic E-state index is -0.161. The number of halogens is 1. The SMILES string of the molecule is CCCCNC(=O)c1cc(Nc2ccccc2Cl)ccn1. The zero-order valence-electron chi connectivity index (χ0n) is 11.9. The molecule has 0 saturated heterocycles. The first kappa shape index (κ1) is 15.3. The number of hydrogen-bond donors (Lipinski definition) is 2. The molecule has 0 saturated carbocycles. The fourth-order valence-corrected chi connectivity index (χ4v) is 2.00. The molecule has 0 aliphatic rings. The topological polar surface area (TPSA) is 54.0 Å². The summed E-state index contributed by atoms with van der Waals surface area (Å²) in [5.41, 5.74) is 1.96. The van der Waals surface area contributed by atoms with Crippen molar-refractivity contribution in [1.29, 1.82) is 0 Å². The summed E-state index contributed by atoms with van der Waals surface area (Å²) in [6, 6.07) is 11.0. The summed E-state index contributed by atoms with van der Waals surface area (Å²) in [5, 5.41) is 6.66. The number of nitrogens with zero attached hydrogens (tertiary/aromatic N) is 1. The minimum absolute atomic E-state index is 0.161. The number of anilines is 2. The van der Waals surface area contributed by atoms with Gasteiger partial charge in [-0.25, -0.2) is 0 Å². The molecule has 0 unspecified atom stereocenters. The van der Waals surface area contributed by atoms with E-state index in [0.717, 1.165) is 24.2 Å². The number of carbonyl (C=O) groups is 1. The molecule has 0 bridgehead atoms. The van der Waals surface area contributed by atoms with E-state index in [0.29, 0.717) is 17.3 Å². The Labute approximate surface area is 129 Å². The maximum absolute atomic E-state index is 12.0. The Kier molecular flexibility index (Phi) is 5.58. The first-order chi connectivity index (χ1) is 10.2. The number of benzene rings is 1. The number of unbranched alkanes of at least 4 members (excludes halogenated alkanes) is 1. The summed E-state index contributed by atoms with van der Waals surface area (Å²) in [5.74, 6) is -0.161. The molecule has 0 spiro atoms. The van der Waals surface area contributed by atoms with E-state index < -0.39 is 0 Å². The molecule has 0 fully saturated rings. The van der Waals surface area contributed by atoms with Crippen molar-refractivity contribution in [3.63, 3.8) is 0 Å². The number of amides is 1. The highest BCUT2D eigenvalue weighted by Gasteiger charge is 2.08. The summed E-state index contributed by atoms with van der Waals surface area (Å²) in [6.07, 6.45) is 3.61. The van der Waals surface area contributed by atoms with E-state index in [-0.39, 0.29) is 5.91 Å². The first-order valence-corrected chi connectivity index (χ1v) is 7.34. The normalized spacial score (nSPS) is 10.2. The van der Waals surface area contributed by atoms with E-state index in [2.05, 4.69) is 22.5 Å². The molecular formula is C16H18ClN3O. The van der Waals surface area contributed by atoms with Crippen LogP contribution in [0.15, 0.2) is 42.6 Å². The molecule has 1 amide bonds. The van der Waals surface area contributed by atoms with E-state index >= 15 is 0 Å². The average molecular weight is 304 g/mol. The summed E-state index contributed by atoms with van der Waals surface area (Å²) in [6.45, 7) is 2.75. The molecular weight excluding hydrogens is 286 g/mol. The van der Waals surface area contributed by atoms with Crippen molar-refractivity contribution < 1.29 is 4.79 Å². The molecule has 0 aliphatic heterocycles. The first-order valence-electron chi connectivity index (χ1n) is 6.96. The van der Waals surface area contributed by atoms with Crippen LogP contribution in [-0.4, -0.2) is 17.4 Å². The predicted octanol–water partition coefficient (Wildman–Crippen LogP) is 4.01. The van der Waals surface area contributed by atoms with Gasteiger partial charge in [-0.05, 0) is 30.7 Å². The van der Waals surface area contributed by atoms with Gasteiger partial charge >= 0.3 is 0 Å². The number of nitrogens with one attached hydrogen (secondary N) is 2. The molecule has 0 radical (unpaired) electrons. The molecule has 0 aliphatic carbocycles. The van der Waals surface area contributed by atoms with Crippen LogP contribution in [0.3, 0.4) is 0 Å². The van der Waals surface area contributed by atoms with Crippen LogP contribution in [-0.2, 0) is 0 Å². The van der Waals surface area contributed by atoms with E-state index in [1.807, 2.05) is 24.3 Å². The average Bonchev–Trinajstić information content (AvgIpc) is 2.50. The van der Waals surface area contributed by atoms with Crippen LogP contribution in [0.4, 0.5) is 11.4 Å². The molecule has 1 aromatic carbocycles. The van der Waals surface area contributed by atoms with Crippen molar-refractivity contribution in [2.24, 2.45) is 0 Å². The van der Waals surface area contributed by atoms with Crippen LogP contribution < -0.4 is 10.6 Å².